The molecule has 0 radical (unpaired) electrons. The average molecular weight is 213 g/mol. The van der Waals surface area contributed by atoms with Gasteiger partial charge in [-0.1, -0.05) is 36.4 Å². The Balaban J connectivity index is 2.73. The van der Waals surface area contributed by atoms with Crippen LogP contribution in [-0.4, -0.2) is 12.3 Å². The number of carbonyl (C=O) groups is 1. The third-order valence-corrected chi connectivity index (χ3v) is 2.81. The van der Waals surface area contributed by atoms with Crippen molar-refractivity contribution in [1.29, 1.82) is 0 Å². The van der Waals surface area contributed by atoms with Crippen LogP contribution in [0.1, 0.15) is 22.8 Å². The molecule has 16 heavy (non-hydrogen) atoms. The summed E-state index contributed by atoms with van der Waals surface area (Å²) in [6.45, 7) is 2.17. The fraction of sp³-hybridized carbons (Fsp3) is 0.214. The van der Waals surface area contributed by atoms with Crippen molar-refractivity contribution >= 4 is 16.6 Å². The van der Waals surface area contributed by atoms with E-state index in [2.05, 4.69) is 6.07 Å². The van der Waals surface area contributed by atoms with E-state index in [1.807, 2.05) is 30.3 Å². The summed E-state index contributed by atoms with van der Waals surface area (Å²) in [6.07, 6.45) is 0.746. The van der Waals surface area contributed by atoms with E-state index in [4.69, 9.17) is 5.73 Å². The van der Waals surface area contributed by atoms with Crippen LogP contribution in [0.5, 0.6) is 0 Å². The van der Waals surface area contributed by atoms with Crippen LogP contribution >= 0.6 is 0 Å². The van der Waals surface area contributed by atoms with Crippen LogP contribution in [0.15, 0.2) is 36.4 Å². The maximum Gasteiger partial charge on any atom is 0.160 e. The van der Waals surface area contributed by atoms with Gasteiger partial charge in [0.15, 0.2) is 5.78 Å². The summed E-state index contributed by atoms with van der Waals surface area (Å²) < 4.78 is 0. The van der Waals surface area contributed by atoms with Gasteiger partial charge < -0.3 is 5.73 Å². The van der Waals surface area contributed by atoms with E-state index in [1.165, 1.54) is 0 Å². The lowest BCUT2D eigenvalue weighted by atomic mass is 9.95. The van der Waals surface area contributed by atoms with Crippen molar-refractivity contribution < 1.29 is 4.79 Å². The molecule has 0 spiro atoms. The molecule has 82 valence electrons. The van der Waals surface area contributed by atoms with Crippen LogP contribution in [0.25, 0.3) is 10.8 Å². The van der Waals surface area contributed by atoms with Gasteiger partial charge >= 0.3 is 0 Å². The maximum absolute atomic E-state index is 11.5. The van der Waals surface area contributed by atoms with Gasteiger partial charge in [-0.05, 0) is 36.2 Å². The first-order valence-corrected chi connectivity index (χ1v) is 5.45. The molecule has 0 fully saturated rings. The summed E-state index contributed by atoms with van der Waals surface area (Å²) >= 11 is 0. The highest BCUT2D eigenvalue weighted by Gasteiger charge is 2.09. The van der Waals surface area contributed by atoms with E-state index >= 15 is 0 Å². The summed E-state index contributed by atoms with van der Waals surface area (Å²) in [7, 11) is 0. The Labute approximate surface area is 95.1 Å². The molecule has 0 amide bonds. The molecule has 2 aromatic carbocycles. The molecule has 0 atom stereocenters. The van der Waals surface area contributed by atoms with Gasteiger partial charge in [0.05, 0.1) is 0 Å². The zero-order valence-corrected chi connectivity index (χ0v) is 9.36. The number of Topliss-reactive ketones (excluding diaryl/α,β-unsaturated/α-hetero) is 1. The molecule has 2 rings (SSSR count). The van der Waals surface area contributed by atoms with Crippen LogP contribution in [0, 0.1) is 0 Å². The van der Waals surface area contributed by atoms with Crippen LogP contribution < -0.4 is 5.73 Å². The Morgan fingerprint density at radius 3 is 2.62 bits per heavy atom. The standard InChI is InChI=1S/C14H15NO/c1-10(16)12-7-6-11-4-2-3-5-13(11)14(12)8-9-15/h2-7H,8-9,15H2,1H3. The summed E-state index contributed by atoms with van der Waals surface area (Å²) in [5, 5.41) is 2.30. The summed E-state index contributed by atoms with van der Waals surface area (Å²) in [5.74, 6) is 0.106. The Hall–Kier alpha value is -1.67. The second-order valence-corrected chi connectivity index (χ2v) is 3.91. The summed E-state index contributed by atoms with van der Waals surface area (Å²) in [6, 6.07) is 12.0. The molecule has 0 bridgehead atoms. The molecule has 0 aliphatic heterocycles. The fourth-order valence-electron chi connectivity index (χ4n) is 2.08. The molecular weight excluding hydrogens is 198 g/mol. The molecule has 2 aromatic rings. The van der Waals surface area contributed by atoms with E-state index in [0.717, 1.165) is 28.3 Å². The van der Waals surface area contributed by atoms with Gasteiger partial charge in [0.25, 0.3) is 0 Å². The second-order valence-electron chi connectivity index (χ2n) is 3.91. The lowest BCUT2D eigenvalue weighted by Crippen LogP contribution is -2.08. The third kappa shape index (κ3) is 1.84. The first-order valence-electron chi connectivity index (χ1n) is 5.45. The largest absolute Gasteiger partial charge is 0.330 e. The van der Waals surface area contributed by atoms with Crippen molar-refractivity contribution in [3.63, 3.8) is 0 Å². The Morgan fingerprint density at radius 1 is 1.19 bits per heavy atom. The van der Waals surface area contributed by atoms with Crippen molar-refractivity contribution in [1.82, 2.24) is 0 Å². The number of nitrogens with two attached hydrogens (primary N) is 1. The molecule has 0 unspecified atom stereocenters. The lowest BCUT2D eigenvalue weighted by Gasteiger charge is -2.10. The highest BCUT2D eigenvalue weighted by atomic mass is 16.1. The highest BCUT2D eigenvalue weighted by Crippen LogP contribution is 2.23. The number of hydrogen-bond acceptors (Lipinski definition) is 2. The fourth-order valence-corrected chi connectivity index (χ4v) is 2.08. The van der Waals surface area contributed by atoms with Crippen molar-refractivity contribution in [3.8, 4) is 0 Å². The third-order valence-electron chi connectivity index (χ3n) is 2.81. The van der Waals surface area contributed by atoms with Gasteiger partial charge in [-0.15, -0.1) is 0 Å². The van der Waals surface area contributed by atoms with Crippen LogP contribution in [-0.2, 0) is 6.42 Å². The number of ketones is 1. The normalized spacial score (nSPS) is 10.6. The van der Waals surface area contributed by atoms with Crippen molar-refractivity contribution in [2.45, 2.75) is 13.3 Å². The van der Waals surface area contributed by atoms with Gasteiger partial charge in [0, 0.05) is 5.56 Å². The molecule has 2 N–H and O–H groups in total. The summed E-state index contributed by atoms with van der Waals surface area (Å²) in [5.41, 5.74) is 7.48. The predicted molar refractivity (Wildman–Crippen MR) is 66.7 cm³/mol. The number of fused-ring (bicyclic) bond motifs is 1. The van der Waals surface area contributed by atoms with Gasteiger partial charge in [0.1, 0.15) is 0 Å². The molecule has 0 heterocycles. The number of carbonyl (C=O) groups excluding carboxylic acids is 1. The van der Waals surface area contributed by atoms with Gasteiger partial charge in [-0.25, -0.2) is 0 Å². The van der Waals surface area contributed by atoms with Gasteiger partial charge in [0.2, 0.25) is 0 Å². The van der Waals surface area contributed by atoms with E-state index in [9.17, 15) is 4.79 Å². The Morgan fingerprint density at radius 2 is 1.94 bits per heavy atom. The summed E-state index contributed by atoms with van der Waals surface area (Å²) in [4.78, 5) is 11.5. The number of benzene rings is 2. The van der Waals surface area contributed by atoms with E-state index < -0.39 is 0 Å². The SMILES string of the molecule is CC(=O)c1ccc2ccccc2c1CCN. The Kier molecular flexibility index (Phi) is 3.02. The number of hydrogen-bond donors (Lipinski definition) is 1. The molecule has 2 heteroatoms. The van der Waals surface area contributed by atoms with Crippen LogP contribution in [0.3, 0.4) is 0 Å². The van der Waals surface area contributed by atoms with E-state index in [0.29, 0.717) is 6.54 Å². The first-order chi connectivity index (χ1) is 7.74. The number of rotatable bonds is 3. The quantitative estimate of drug-likeness (QED) is 0.796. The molecule has 0 aromatic heterocycles. The van der Waals surface area contributed by atoms with Crippen molar-refractivity contribution in [2.24, 2.45) is 5.73 Å². The minimum atomic E-state index is 0.106. The minimum absolute atomic E-state index is 0.106. The second kappa shape index (κ2) is 4.45. The predicted octanol–water partition coefficient (Wildman–Crippen LogP) is 2.54. The van der Waals surface area contributed by atoms with Crippen LogP contribution in [0.2, 0.25) is 0 Å². The minimum Gasteiger partial charge on any atom is -0.330 e. The molecule has 0 saturated carbocycles. The first kappa shape index (κ1) is 10.8. The molecular formula is C14H15NO. The monoisotopic (exact) mass is 213 g/mol. The maximum atomic E-state index is 11.5. The molecule has 0 aliphatic carbocycles. The van der Waals surface area contributed by atoms with E-state index in [1.54, 1.807) is 6.92 Å². The van der Waals surface area contributed by atoms with Crippen molar-refractivity contribution in [3.05, 3.63) is 47.5 Å². The highest BCUT2D eigenvalue weighted by molar-refractivity contribution is 6.01. The average Bonchev–Trinajstić information content (AvgIpc) is 2.29. The smallest absolute Gasteiger partial charge is 0.160 e. The molecule has 0 aliphatic rings. The Bertz CT molecular complexity index is 531. The zero-order chi connectivity index (χ0) is 11.5. The zero-order valence-electron chi connectivity index (χ0n) is 9.36. The van der Waals surface area contributed by atoms with Gasteiger partial charge in [-0.3, -0.25) is 4.79 Å². The van der Waals surface area contributed by atoms with Gasteiger partial charge in [-0.2, -0.15) is 0 Å². The van der Waals surface area contributed by atoms with Crippen LogP contribution in [0.4, 0.5) is 0 Å². The van der Waals surface area contributed by atoms with E-state index in [-0.39, 0.29) is 5.78 Å². The molecule has 0 saturated heterocycles. The van der Waals surface area contributed by atoms with Crippen molar-refractivity contribution in [2.75, 3.05) is 6.54 Å². The molecule has 2 nitrogen and oxygen atoms in total. The lowest BCUT2D eigenvalue weighted by molar-refractivity contribution is 0.101. The topological polar surface area (TPSA) is 43.1 Å².